The van der Waals surface area contributed by atoms with Gasteiger partial charge in [-0.3, -0.25) is 4.79 Å². The number of rotatable bonds is 5. The SMILES string of the molecule is CCNCC(=O)c1cccc(CC)c1. The van der Waals surface area contributed by atoms with E-state index in [9.17, 15) is 4.79 Å². The van der Waals surface area contributed by atoms with Crippen molar-refractivity contribution in [1.82, 2.24) is 5.32 Å². The third kappa shape index (κ3) is 2.96. The molecule has 0 atom stereocenters. The van der Waals surface area contributed by atoms with Gasteiger partial charge in [-0.15, -0.1) is 0 Å². The van der Waals surface area contributed by atoms with Crippen LogP contribution < -0.4 is 5.32 Å². The van der Waals surface area contributed by atoms with Crippen molar-refractivity contribution in [2.45, 2.75) is 20.3 Å². The van der Waals surface area contributed by atoms with E-state index < -0.39 is 0 Å². The lowest BCUT2D eigenvalue weighted by Gasteiger charge is -2.03. The van der Waals surface area contributed by atoms with Gasteiger partial charge in [-0.2, -0.15) is 0 Å². The van der Waals surface area contributed by atoms with Gasteiger partial charge in [0, 0.05) is 5.56 Å². The molecule has 0 aliphatic rings. The predicted molar refractivity (Wildman–Crippen MR) is 58.7 cm³/mol. The first-order chi connectivity index (χ1) is 6.77. The van der Waals surface area contributed by atoms with Crippen molar-refractivity contribution >= 4 is 5.78 Å². The molecule has 2 nitrogen and oxygen atoms in total. The molecule has 1 aromatic rings. The topological polar surface area (TPSA) is 29.1 Å². The highest BCUT2D eigenvalue weighted by molar-refractivity contribution is 5.97. The number of benzene rings is 1. The Kier molecular flexibility index (Phi) is 4.33. The molecular weight excluding hydrogens is 174 g/mol. The third-order valence-electron chi connectivity index (χ3n) is 2.19. The fourth-order valence-corrected chi connectivity index (χ4v) is 1.31. The minimum absolute atomic E-state index is 0.169. The van der Waals surface area contributed by atoms with Crippen molar-refractivity contribution in [3.63, 3.8) is 0 Å². The molecular formula is C12H17NO. The molecule has 0 aliphatic heterocycles. The van der Waals surface area contributed by atoms with Crippen molar-refractivity contribution in [1.29, 1.82) is 0 Å². The van der Waals surface area contributed by atoms with Gasteiger partial charge in [-0.1, -0.05) is 32.0 Å². The largest absolute Gasteiger partial charge is 0.310 e. The summed E-state index contributed by atoms with van der Waals surface area (Å²) in [4.78, 5) is 11.6. The minimum atomic E-state index is 0.169. The molecule has 0 unspecified atom stereocenters. The summed E-state index contributed by atoms with van der Waals surface area (Å²) >= 11 is 0. The molecule has 0 heterocycles. The molecule has 0 amide bonds. The van der Waals surface area contributed by atoms with E-state index in [1.807, 2.05) is 31.2 Å². The molecule has 0 aliphatic carbocycles. The Morgan fingerprint density at radius 2 is 2.14 bits per heavy atom. The molecule has 76 valence electrons. The summed E-state index contributed by atoms with van der Waals surface area (Å²) in [5.74, 6) is 0.169. The second-order valence-corrected chi connectivity index (χ2v) is 3.26. The van der Waals surface area contributed by atoms with Crippen molar-refractivity contribution in [2.24, 2.45) is 0 Å². The zero-order chi connectivity index (χ0) is 10.4. The van der Waals surface area contributed by atoms with Gasteiger partial charge >= 0.3 is 0 Å². The molecule has 0 radical (unpaired) electrons. The number of likely N-dealkylation sites (N-methyl/N-ethyl adjacent to an activating group) is 1. The van der Waals surface area contributed by atoms with Crippen molar-refractivity contribution in [2.75, 3.05) is 13.1 Å². The van der Waals surface area contributed by atoms with Gasteiger partial charge in [0.1, 0.15) is 0 Å². The van der Waals surface area contributed by atoms with E-state index in [1.165, 1.54) is 5.56 Å². The Hall–Kier alpha value is -1.15. The quantitative estimate of drug-likeness (QED) is 0.722. The van der Waals surface area contributed by atoms with E-state index in [1.54, 1.807) is 0 Å². The molecule has 14 heavy (non-hydrogen) atoms. The van der Waals surface area contributed by atoms with E-state index in [4.69, 9.17) is 0 Å². The second kappa shape index (κ2) is 5.55. The molecule has 0 bridgehead atoms. The number of aryl methyl sites for hydroxylation is 1. The fourth-order valence-electron chi connectivity index (χ4n) is 1.31. The number of carbonyl (C=O) groups is 1. The van der Waals surface area contributed by atoms with Gasteiger partial charge in [0.15, 0.2) is 5.78 Å². The standard InChI is InChI=1S/C12H17NO/c1-3-10-6-5-7-11(8-10)12(14)9-13-4-2/h5-8,13H,3-4,9H2,1-2H3. The van der Waals surface area contributed by atoms with Crippen LogP contribution in [0.4, 0.5) is 0 Å². The van der Waals surface area contributed by atoms with E-state index in [-0.39, 0.29) is 5.78 Å². The number of hydrogen-bond donors (Lipinski definition) is 1. The fraction of sp³-hybridized carbons (Fsp3) is 0.417. The number of hydrogen-bond acceptors (Lipinski definition) is 2. The summed E-state index contributed by atoms with van der Waals surface area (Å²) in [7, 11) is 0. The van der Waals surface area contributed by atoms with Gasteiger partial charge in [0.25, 0.3) is 0 Å². The molecule has 2 heteroatoms. The normalized spacial score (nSPS) is 10.1. The molecule has 0 aromatic heterocycles. The molecule has 1 aromatic carbocycles. The van der Waals surface area contributed by atoms with Gasteiger partial charge in [0.2, 0.25) is 0 Å². The van der Waals surface area contributed by atoms with Crippen molar-refractivity contribution < 1.29 is 4.79 Å². The number of carbonyl (C=O) groups excluding carboxylic acids is 1. The maximum absolute atomic E-state index is 11.6. The Morgan fingerprint density at radius 1 is 1.36 bits per heavy atom. The van der Waals surface area contributed by atoms with Crippen LogP contribution in [0.2, 0.25) is 0 Å². The zero-order valence-electron chi connectivity index (χ0n) is 8.84. The molecule has 0 spiro atoms. The maximum atomic E-state index is 11.6. The van der Waals surface area contributed by atoms with Crippen LogP contribution in [-0.2, 0) is 6.42 Å². The van der Waals surface area contributed by atoms with Crippen LogP contribution in [0.25, 0.3) is 0 Å². The van der Waals surface area contributed by atoms with Gasteiger partial charge < -0.3 is 5.32 Å². The highest BCUT2D eigenvalue weighted by Crippen LogP contribution is 2.06. The van der Waals surface area contributed by atoms with Crippen LogP contribution in [0.1, 0.15) is 29.8 Å². The monoisotopic (exact) mass is 191 g/mol. The van der Waals surface area contributed by atoms with E-state index >= 15 is 0 Å². The van der Waals surface area contributed by atoms with Crippen LogP contribution in [0, 0.1) is 0 Å². The van der Waals surface area contributed by atoms with Crippen LogP contribution in [0.3, 0.4) is 0 Å². The second-order valence-electron chi connectivity index (χ2n) is 3.26. The third-order valence-corrected chi connectivity index (χ3v) is 2.19. The summed E-state index contributed by atoms with van der Waals surface area (Å²) in [6.07, 6.45) is 0.975. The molecule has 0 saturated heterocycles. The first-order valence-electron chi connectivity index (χ1n) is 5.10. The number of ketones is 1. The number of nitrogens with one attached hydrogen (secondary N) is 1. The predicted octanol–water partition coefficient (Wildman–Crippen LogP) is 2.04. The van der Waals surface area contributed by atoms with E-state index in [0.29, 0.717) is 6.54 Å². The summed E-state index contributed by atoms with van der Waals surface area (Å²) in [5, 5.41) is 3.03. The Morgan fingerprint density at radius 3 is 2.79 bits per heavy atom. The maximum Gasteiger partial charge on any atom is 0.176 e. The smallest absolute Gasteiger partial charge is 0.176 e. The number of Topliss-reactive ketones (excluding diaryl/α,β-unsaturated/α-hetero) is 1. The van der Waals surface area contributed by atoms with Gasteiger partial charge in [0.05, 0.1) is 6.54 Å². The molecule has 1 N–H and O–H groups in total. The Balaban J connectivity index is 2.69. The first kappa shape index (κ1) is 10.9. The minimum Gasteiger partial charge on any atom is -0.310 e. The van der Waals surface area contributed by atoms with Crippen LogP contribution in [0.5, 0.6) is 0 Å². The zero-order valence-corrected chi connectivity index (χ0v) is 8.84. The summed E-state index contributed by atoms with van der Waals surface area (Å²) in [5.41, 5.74) is 2.03. The van der Waals surface area contributed by atoms with E-state index in [2.05, 4.69) is 12.2 Å². The van der Waals surface area contributed by atoms with Crippen molar-refractivity contribution in [3.8, 4) is 0 Å². The Labute approximate surface area is 85.3 Å². The summed E-state index contributed by atoms with van der Waals surface area (Å²) in [6, 6.07) is 7.83. The van der Waals surface area contributed by atoms with Crippen LogP contribution >= 0.6 is 0 Å². The lowest BCUT2D eigenvalue weighted by molar-refractivity contribution is 0.0991. The highest BCUT2D eigenvalue weighted by atomic mass is 16.1. The van der Waals surface area contributed by atoms with Crippen LogP contribution in [-0.4, -0.2) is 18.9 Å². The van der Waals surface area contributed by atoms with Gasteiger partial charge in [-0.05, 0) is 24.6 Å². The van der Waals surface area contributed by atoms with E-state index in [0.717, 1.165) is 18.5 Å². The average molecular weight is 191 g/mol. The Bertz CT molecular complexity index is 307. The van der Waals surface area contributed by atoms with Crippen molar-refractivity contribution in [3.05, 3.63) is 35.4 Å². The lowest BCUT2D eigenvalue weighted by atomic mass is 10.1. The summed E-state index contributed by atoms with van der Waals surface area (Å²) in [6.45, 7) is 5.35. The molecule has 0 fully saturated rings. The highest BCUT2D eigenvalue weighted by Gasteiger charge is 2.04. The molecule has 1 rings (SSSR count). The first-order valence-corrected chi connectivity index (χ1v) is 5.10. The summed E-state index contributed by atoms with van der Waals surface area (Å²) < 4.78 is 0. The molecule has 0 saturated carbocycles. The average Bonchev–Trinajstić information content (AvgIpc) is 2.26. The van der Waals surface area contributed by atoms with Crippen LogP contribution in [0.15, 0.2) is 24.3 Å². The lowest BCUT2D eigenvalue weighted by Crippen LogP contribution is -2.22. The van der Waals surface area contributed by atoms with Gasteiger partial charge in [-0.25, -0.2) is 0 Å².